The molecule has 1 aromatic carbocycles. The van der Waals surface area contributed by atoms with Crippen LogP contribution < -0.4 is 26.0 Å². The van der Waals surface area contributed by atoms with Crippen LogP contribution in [0, 0.1) is 5.92 Å². The Kier molecular flexibility index (Phi) is 18.8. The van der Waals surface area contributed by atoms with Crippen molar-refractivity contribution >= 4 is 29.6 Å². The maximum Gasteiger partial charge on any atom is 0.308 e. The number of ether oxygens (including phenoxy) is 3. The van der Waals surface area contributed by atoms with E-state index in [1.165, 1.54) is 13.3 Å². The van der Waals surface area contributed by atoms with Gasteiger partial charge in [0.1, 0.15) is 30.5 Å². The second-order valence-corrected chi connectivity index (χ2v) is 13.0. The number of hydrogen-bond acceptors (Lipinski definition) is 10. The van der Waals surface area contributed by atoms with Crippen LogP contribution in [0.3, 0.4) is 0 Å². The summed E-state index contributed by atoms with van der Waals surface area (Å²) >= 11 is 0. The summed E-state index contributed by atoms with van der Waals surface area (Å²) in [4.78, 5) is 75.1. The lowest BCUT2D eigenvalue weighted by Crippen LogP contribution is -2.57. The summed E-state index contributed by atoms with van der Waals surface area (Å²) in [5.74, 6) is -2.53. The van der Waals surface area contributed by atoms with Crippen LogP contribution in [0.15, 0.2) is 65.7 Å². The third kappa shape index (κ3) is 16.8. The van der Waals surface area contributed by atoms with Gasteiger partial charge in [0, 0.05) is 44.0 Å². The van der Waals surface area contributed by atoms with Gasteiger partial charge in [0.05, 0.1) is 38.3 Å². The van der Waals surface area contributed by atoms with Gasteiger partial charge < -0.3 is 40.5 Å². The molecule has 3 rings (SSSR count). The lowest BCUT2D eigenvalue weighted by atomic mass is 10.0. The van der Waals surface area contributed by atoms with E-state index in [4.69, 9.17) is 19.7 Å². The molecule has 0 saturated heterocycles. The van der Waals surface area contributed by atoms with Crippen LogP contribution in [0.4, 0.5) is 0 Å². The van der Waals surface area contributed by atoms with Crippen molar-refractivity contribution in [3.8, 4) is 5.75 Å². The van der Waals surface area contributed by atoms with E-state index < -0.39 is 54.1 Å². The molecule has 17 nitrogen and oxygen atoms in total. The number of imidazole rings is 1. The highest BCUT2D eigenvalue weighted by Crippen LogP contribution is 2.17. The van der Waals surface area contributed by atoms with Crippen molar-refractivity contribution in [3.05, 3.63) is 82.3 Å². The first kappa shape index (κ1) is 42.7. The summed E-state index contributed by atoms with van der Waals surface area (Å²) in [5.41, 5.74) is 10.9. The number of carbonyl (C=O) groups excluding carboxylic acids is 5. The molecule has 1 aliphatic carbocycles. The number of aromatic amines is 1. The predicted octanol–water partition coefficient (Wildman–Crippen LogP) is 2.75. The maximum atomic E-state index is 13.7. The fraction of sp³-hybridized carbons (Fsp3) is 0.514. The smallest absolute Gasteiger partial charge is 0.308 e. The number of allylic oxidation sites excluding steroid dienone is 2. The molecule has 0 radical (unpaired) electrons. The number of amides is 4. The molecule has 1 heterocycles. The quantitative estimate of drug-likeness (QED) is 0.0348. The monoisotopic (exact) mass is 749 g/mol. The van der Waals surface area contributed by atoms with Gasteiger partial charge in [0.2, 0.25) is 23.6 Å². The molecule has 0 spiro atoms. The zero-order chi connectivity index (χ0) is 39.1. The molecule has 5 N–H and O–H groups in total. The van der Waals surface area contributed by atoms with Crippen LogP contribution in [0.25, 0.3) is 10.4 Å². The summed E-state index contributed by atoms with van der Waals surface area (Å²) in [6, 6.07) is 3.74. The van der Waals surface area contributed by atoms with Gasteiger partial charge in [-0.05, 0) is 54.0 Å². The molecule has 0 saturated carbocycles. The van der Waals surface area contributed by atoms with E-state index in [1.54, 1.807) is 18.3 Å². The molecule has 0 bridgehead atoms. The minimum absolute atomic E-state index is 0.00713. The van der Waals surface area contributed by atoms with Crippen molar-refractivity contribution in [1.29, 1.82) is 0 Å². The Balaban J connectivity index is 1.66. The van der Waals surface area contributed by atoms with Crippen LogP contribution >= 0.6 is 0 Å². The largest absolute Gasteiger partial charge is 0.489 e. The number of H-pyrrole nitrogens is 1. The lowest BCUT2D eigenvalue weighted by molar-refractivity contribution is -0.146. The third-order valence-corrected chi connectivity index (χ3v) is 8.00. The number of nitrogens with zero attached hydrogens (tertiary/aromatic N) is 4. The Morgan fingerprint density at radius 1 is 0.963 bits per heavy atom. The number of nitrogens with one attached hydrogen (secondary N) is 5. The molecule has 2 aromatic rings. The Bertz CT molecular complexity index is 1620. The second-order valence-electron chi connectivity index (χ2n) is 13.0. The molecule has 0 fully saturated rings. The molecule has 292 valence electrons. The van der Waals surface area contributed by atoms with E-state index in [1.807, 2.05) is 32.1 Å². The minimum atomic E-state index is -1.34. The fourth-order valence-electron chi connectivity index (χ4n) is 5.35. The van der Waals surface area contributed by atoms with Crippen LogP contribution in [0.1, 0.15) is 57.7 Å². The van der Waals surface area contributed by atoms with E-state index in [9.17, 15) is 24.0 Å². The average molecular weight is 750 g/mol. The Morgan fingerprint density at radius 2 is 1.72 bits per heavy atom. The topological polar surface area (TPSA) is 239 Å². The number of esters is 1. The minimum Gasteiger partial charge on any atom is -0.489 e. The summed E-state index contributed by atoms with van der Waals surface area (Å²) in [6.07, 6.45) is 11.7. The van der Waals surface area contributed by atoms with Crippen molar-refractivity contribution in [2.45, 2.75) is 77.4 Å². The number of carbonyl (C=O) groups is 5. The summed E-state index contributed by atoms with van der Waals surface area (Å²) in [5, 5.41) is 14.0. The molecule has 3 atom stereocenters. The SMILES string of the molecule is CC(=O)N[C@@H](Cc1ccc(OCC2=CCCC=C2)cc1)C(=O)N[C@H](CC(C)C)C(=O)N[C@@H](CC(=O)OCCc1c[nH]cn1)C(=O)NCCOCCN=[N+]=[N-]. The zero-order valence-corrected chi connectivity index (χ0v) is 31.0. The van der Waals surface area contributed by atoms with Crippen LogP contribution in [0.5, 0.6) is 5.75 Å². The maximum absolute atomic E-state index is 13.7. The standard InChI is InChI=1S/C37H51N9O8/c1-25(2)19-31(44-37(51)32(43-26(3)47)20-27-9-11-30(12-10-27)54-23-28-7-5-4-6-8-28)36(50)45-33(35(49)40-14-17-52-18-15-42-46-38)21-34(48)53-16-13-29-22-39-24-41-29/h5,7-12,22,24-25,31-33H,4,6,13-21,23H2,1-3H3,(H,39,41)(H,40,49)(H,43,47)(H,44,51)(H,45,50)/t31-,32+,33+/m1/s1. The molecule has 1 aromatic heterocycles. The van der Waals surface area contributed by atoms with Crippen LogP contribution in [-0.4, -0.2) is 97.2 Å². The van der Waals surface area contributed by atoms with Crippen molar-refractivity contribution < 1.29 is 38.2 Å². The van der Waals surface area contributed by atoms with Gasteiger partial charge in [-0.3, -0.25) is 24.0 Å². The molecular weight excluding hydrogens is 698 g/mol. The highest BCUT2D eigenvalue weighted by atomic mass is 16.5. The molecule has 4 amide bonds. The van der Waals surface area contributed by atoms with E-state index in [0.717, 1.165) is 24.0 Å². The van der Waals surface area contributed by atoms with Gasteiger partial charge >= 0.3 is 5.97 Å². The number of hydrogen-bond donors (Lipinski definition) is 5. The van der Waals surface area contributed by atoms with Gasteiger partial charge in [-0.2, -0.15) is 0 Å². The van der Waals surface area contributed by atoms with Crippen molar-refractivity contribution in [1.82, 2.24) is 31.2 Å². The second kappa shape index (κ2) is 23.8. The first-order valence-electron chi connectivity index (χ1n) is 18.0. The van der Waals surface area contributed by atoms with Gasteiger partial charge in [0.15, 0.2) is 0 Å². The van der Waals surface area contributed by atoms with Crippen molar-refractivity contribution in [3.63, 3.8) is 0 Å². The molecule has 0 aliphatic heterocycles. The molecule has 0 unspecified atom stereocenters. The Morgan fingerprint density at radius 3 is 2.39 bits per heavy atom. The van der Waals surface area contributed by atoms with Gasteiger partial charge in [0.25, 0.3) is 0 Å². The van der Waals surface area contributed by atoms with E-state index in [0.29, 0.717) is 24.5 Å². The Hall–Kier alpha value is -5.67. The number of benzene rings is 1. The molecule has 17 heteroatoms. The molecular formula is C37H51N9O8. The normalized spacial score (nSPS) is 13.7. The highest BCUT2D eigenvalue weighted by molar-refractivity contribution is 5.95. The van der Waals surface area contributed by atoms with Crippen molar-refractivity contribution in [2.24, 2.45) is 11.0 Å². The average Bonchev–Trinajstić information content (AvgIpc) is 3.67. The zero-order valence-electron chi connectivity index (χ0n) is 31.0. The lowest BCUT2D eigenvalue weighted by Gasteiger charge is -2.26. The fourth-order valence-corrected chi connectivity index (χ4v) is 5.35. The summed E-state index contributed by atoms with van der Waals surface area (Å²) < 4.78 is 16.5. The first-order chi connectivity index (χ1) is 26.0. The van der Waals surface area contributed by atoms with Crippen LogP contribution in [0.2, 0.25) is 0 Å². The van der Waals surface area contributed by atoms with Gasteiger partial charge in [-0.15, -0.1) is 0 Å². The van der Waals surface area contributed by atoms with Gasteiger partial charge in [-0.25, -0.2) is 4.98 Å². The molecule has 1 aliphatic rings. The van der Waals surface area contributed by atoms with E-state index in [-0.39, 0.29) is 51.7 Å². The number of aromatic nitrogens is 2. The summed E-state index contributed by atoms with van der Waals surface area (Å²) in [6.45, 7) is 5.88. The number of azide groups is 1. The number of rotatable bonds is 24. The summed E-state index contributed by atoms with van der Waals surface area (Å²) in [7, 11) is 0. The highest BCUT2D eigenvalue weighted by Gasteiger charge is 2.31. The van der Waals surface area contributed by atoms with E-state index in [2.05, 4.69) is 53.4 Å². The van der Waals surface area contributed by atoms with Crippen molar-refractivity contribution in [2.75, 3.05) is 39.5 Å². The van der Waals surface area contributed by atoms with Gasteiger partial charge in [-0.1, -0.05) is 49.3 Å². The van der Waals surface area contributed by atoms with Crippen LogP contribution in [-0.2, 0) is 46.3 Å². The first-order valence-corrected chi connectivity index (χ1v) is 18.0. The predicted molar refractivity (Wildman–Crippen MR) is 199 cm³/mol. The Labute approximate surface area is 314 Å². The molecule has 54 heavy (non-hydrogen) atoms. The van der Waals surface area contributed by atoms with E-state index >= 15 is 0 Å². The third-order valence-electron chi connectivity index (χ3n) is 8.00.